The molecule has 0 spiro atoms. The molecule has 3 N–H and O–H groups in total. The second kappa shape index (κ2) is 10.8. The number of halogens is 1. The highest BCUT2D eigenvalue weighted by molar-refractivity contribution is 14.0. The van der Waals surface area contributed by atoms with E-state index in [-0.39, 0.29) is 36.0 Å². The average Bonchev–Trinajstić information content (AvgIpc) is 3.27. The number of aliphatic hydroxyl groups is 1. The predicted molar refractivity (Wildman–Crippen MR) is 118 cm³/mol. The van der Waals surface area contributed by atoms with E-state index in [9.17, 15) is 5.11 Å². The van der Waals surface area contributed by atoms with Crippen molar-refractivity contribution in [2.24, 2.45) is 10.4 Å². The Kier molecular flexibility index (Phi) is 9.08. The van der Waals surface area contributed by atoms with Crippen molar-refractivity contribution in [3.05, 3.63) is 21.9 Å². The summed E-state index contributed by atoms with van der Waals surface area (Å²) >= 11 is 1.88. The van der Waals surface area contributed by atoms with E-state index in [2.05, 4.69) is 32.0 Å². The number of aliphatic imine (C=N–C) groups is 1. The molecule has 1 unspecified atom stereocenters. The van der Waals surface area contributed by atoms with Gasteiger partial charge in [0.05, 0.1) is 6.61 Å². The number of fused-ring (bicyclic) bond motifs is 1. The third-order valence-electron chi connectivity index (χ3n) is 5.29. The summed E-state index contributed by atoms with van der Waals surface area (Å²) in [5, 5.41) is 18.4. The van der Waals surface area contributed by atoms with E-state index in [1.807, 2.05) is 11.3 Å². The first-order valence-corrected chi connectivity index (χ1v) is 10.0. The average molecular weight is 494 g/mol. The summed E-state index contributed by atoms with van der Waals surface area (Å²) in [4.78, 5) is 8.37. The van der Waals surface area contributed by atoms with Crippen LogP contribution >= 0.6 is 35.3 Å². The standard InChI is InChI=1S/C18H30N4O2S.HI/c1-19-17(21-13-18(4-9-23)5-10-24-14-18)20-6-8-22-7-2-16-15(12-22)3-11-25-16;/h3,11,23H,2,4-10,12-14H2,1H3,(H2,19,20,21);1H. The number of thiophene rings is 1. The summed E-state index contributed by atoms with van der Waals surface area (Å²) in [7, 11) is 1.80. The molecule has 3 heterocycles. The highest BCUT2D eigenvalue weighted by Gasteiger charge is 2.34. The van der Waals surface area contributed by atoms with E-state index in [1.165, 1.54) is 12.0 Å². The van der Waals surface area contributed by atoms with Gasteiger partial charge in [-0.3, -0.25) is 9.89 Å². The van der Waals surface area contributed by atoms with Gasteiger partial charge in [-0.05, 0) is 36.3 Å². The predicted octanol–water partition coefficient (Wildman–Crippen LogP) is 1.68. The van der Waals surface area contributed by atoms with Gasteiger partial charge in [0.25, 0.3) is 0 Å². The highest BCUT2D eigenvalue weighted by Crippen LogP contribution is 2.31. The SMILES string of the molecule is CN=C(NCCN1CCc2sccc2C1)NCC1(CCO)CCOC1.I. The van der Waals surface area contributed by atoms with Crippen molar-refractivity contribution in [2.45, 2.75) is 25.8 Å². The molecular weight excluding hydrogens is 463 g/mol. The van der Waals surface area contributed by atoms with Crippen molar-refractivity contribution < 1.29 is 9.84 Å². The fraction of sp³-hybridized carbons (Fsp3) is 0.722. The molecule has 26 heavy (non-hydrogen) atoms. The lowest BCUT2D eigenvalue weighted by Gasteiger charge is -2.29. The monoisotopic (exact) mass is 494 g/mol. The minimum atomic E-state index is 0. The Hall–Kier alpha value is -0.420. The summed E-state index contributed by atoms with van der Waals surface area (Å²) in [6.07, 6.45) is 2.94. The molecule has 0 amide bonds. The maximum Gasteiger partial charge on any atom is 0.191 e. The van der Waals surface area contributed by atoms with Crippen molar-refractivity contribution in [2.75, 3.05) is 53.0 Å². The van der Waals surface area contributed by atoms with E-state index in [1.54, 1.807) is 11.9 Å². The number of ether oxygens (including phenoxy) is 1. The van der Waals surface area contributed by atoms with Crippen LogP contribution in [0.5, 0.6) is 0 Å². The second-order valence-electron chi connectivity index (χ2n) is 7.02. The van der Waals surface area contributed by atoms with Crippen LogP contribution in [0.4, 0.5) is 0 Å². The van der Waals surface area contributed by atoms with Gasteiger partial charge in [0, 0.05) is 63.3 Å². The quantitative estimate of drug-likeness (QED) is 0.306. The molecule has 0 aliphatic carbocycles. The van der Waals surface area contributed by atoms with Crippen molar-refractivity contribution in [1.82, 2.24) is 15.5 Å². The molecule has 1 saturated heterocycles. The van der Waals surface area contributed by atoms with E-state index in [0.29, 0.717) is 6.61 Å². The highest BCUT2D eigenvalue weighted by atomic mass is 127. The van der Waals surface area contributed by atoms with E-state index < -0.39 is 0 Å². The lowest BCUT2D eigenvalue weighted by Crippen LogP contribution is -2.46. The molecule has 8 heteroatoms. The van der Waals surface area contributed by atoms with Gasteiger partial charge in [-0.15, -0.1) is 35.3 Å². The van der Waals surface area contributed by atoms with Crippen LogP contribution in [0.1, 0.15) is 23.3 Å². The smallest absolute Gasteiger partial charge is 0.191 e. The van der Waals surface area contributed by atoms with Crippen molar-refractivity contribution in [3.8, 4) is 0 Å². The maximum absolute atomic E-state index is 9.32. The molecule has 0 aromatic carbocycles. The molecule has 2 aliphatic rings. The van der Waals surface area contributed by atoms with Gasteiger partial charge in [-0.1, -0.05) is 0 Å². The minimum absolute atomic E-state index is 0. The first-order chi connectivity index (χ1) is 12.2. The Balaban J connectivity index is 0.00000243. The van der Waals surface area contributed by atoms with Gasteiger partial charge in [0.1, 0.15) is 0 Å². The van der Waals surface area contributed by atoms with Crippen LogP contribution < -0.4 is 10.6 Å². The number of rotatable bonds is 7. The fourth-order valence-electron chi connectivity index (χ4n) is 3.63. The molecular formula is C18H31IN4O2S. The molecule has 148 valence electrons. The number of guanidine groups is 1. The van der Waals surface area contributed by atoms with Crippen LogP contribution in [0.25, 0.3) is 0 Å². The van der Waals surface area contributed by atoms with Crippen molar-refractivity contribution in [1.29, 1.82) is 0 Å². The maximum atomic E-state index is 9.32. The lowest BCUT2D eigenvalue weighted by atomic mass is 9.84. The lowest BCUT2D eigenvalue weighted by molar-refractivity contribution is 0.127. The molecule has 1 aromatic rings. The number of hydrogen-bond donors (Lipinski definition) is 3. The van der Waals surface area contributed by atoms with Crippen LogP contribution in [0.3, 0.4) is 0 Å². The molecule has 1 fully saturated rings. The van der Waals surface area contributed by atoms with Gasteiger partial charge in [0.2, 0.25) is 0 Å². The first-order valence-electron chi connectivity index (χ1n) is 9.15. The Labute approximate surface area is 177 Å². The summed E-state index contributed by atoms with van der Waals surface area (Å²) in [6, 6.07) is 2.25. The Morgan fingerprint density at radius 2 is 2.35 bits per heavy atom. The van der Waals surface area contributed by atoms with Crippen LogP contribution in [0.15, 0.2) is 16.4 Å². The van der Waals surface area contributed by atoms with E-state index in [0.717, 1.165) is 58.1 Å². The normalized spacial score (nSPS) is 23.4. The van der Waals surface area contributed by atoms with Gasteiger partial charge in [-0.2, -0.15) is 0 Å². The molecule has 6 nitrogen and oxygen atoms in total. The van der Waals surface area contributed by atoms with Crippen LogP contribution in [0.2, 0.25) is 0 Å². The third-order valence-corrected chi connectivity index (χ3v) is 6.31. The molecule has 0 bridgehead atoms. The summed E-state index contributed by atoms with van der Waals surface area (Å²) in [5.41, 5.74) is 1.53. The van der Waals surface area contributed by atoms with Gasteiger partial charge >= 0.3 is 0 Å². The summed E-state index contributed by atoms with van der Waals surface area (Å²) in [6.45, 7) is 6.58. The van der Waals surface area contributed by atoms with Gasteiger partial charge < -0.3 is 20.5 Å². The second-order valence-corrected chi connectivity index (χ2v) is 8.02. The van der Waals surface area contributed by atoms with Crippen LogP contribution in [-0.4, -0.2) is 69.0 Å². The molecule has 0 radical (unpaired) electrons. The zero-order chi connectivity index (χ0) is 17.5. The summed E-state index contributed by atoms with van der Waals surface area (Å²) < 4.78 is 5.54. The van der Waals surface area contributed by atoms with Crippen molar-refractivity contribution >= 4 is 41.3 Å². The number of aliphatic hydroxyl groups excluding tert-OH is 1. The van der Waals surface area contributed by atoms with E-state index in [4.69, 9.17) is 4.74 Å². The molecule has 1 aromatic heterocycles. The minimum Gasteiger partial charge on any atom is -0.396 e. The summed E-state index contributed by atoms with van der Waals surface area (Å²) in [5.74, 6) is 0.831. The van der Waals surface area contributed by atoms with Crippen molar-refractivity contribution in [3.63, 3.8) is 0 Å². The van der Waals surface area contributed by atoms with Gasteiger partial charge in [-0.25, -0.2) is 0 Å². The van der Waals surface area contributed by atoms with E-state index >= 15 is 0 Å². The topological polar surface area (TPSA) is 69.1 Å². The molecule has 1 atom stereocenters. The first kappa shape index (κ1) is 21.9. The number of nitrogens with one attached hydrogen (secondary N) is 2. The number of hydrogen-bond acceptors (Lipinski definition) is 5. The molecule has 2 aliphatic heterocycles. The third kappa shape index (κ3) is 5.79. The molecule has 0 saturated carbocycles. The van der Waals surface area contributed by atoms with Crippen LogP contribution in [0, 0.1) is 5.41 Å². The number of nitrogens with zero attached hydrogens (tertiary/aromatic N) is 2. The van der Waals surface area contributed by atoms with Gasteiger partial charge in [0.15, 0.2) is 5.96 Å². The van der Waals surface area contributed by atoms with Crippen LogP contribution in [-0.2, 0) is 17.7 Å². The largest absolute Gasteiger partial charge is 0.396 e. The Bertz CT molecular complexity index is 575. The Morgan fingerprint density at radius 3 is 3.08 bits per heavy atom. The fourth-order valence-corrected chi connectivity index (χ4v) is 4.52. The zero-order valence-electron chi connectivity index (χ0n) is 15.5. The Morgan fingerprint density at radius 1 is 1.46 bits per heavy atom. The zero-order valence-corrected chi connectivity index (χ0v) is 18.6. The molecule has 3 rings (SSSR count).